The van der Waals surface area contributed by atoms with Gasteiger partial charge in [-0.25, -0.2) is 14.2 Å². The molecule has 0 saturated heterocycles. The molecule has 5 aromatic rings. The summed E-state index contributed by atoms with van der Waals surface area (Å²) in [5, 5.41) is 9.59. The number of aromatic nitrogens is 7. The van der Waals surface area contributed by atoms with Gasteiger partial charge in [0.05, 0.1) is 35.4 Å². The molecular weight excluding hydrogens is 440 g/mol. The Kier molecular flexibility index (Phi) is 4.44. The van der Waals surface area contributed by atoms with E-state index in [1.807, 2.05) is 23.1 Å². The molecule has 33 heavy (non-hydrogen) atoms. The smallest absolute Gasteiger partial charge is 0.276 e. The van der Waals surface area contributed by atoms with Crippen LogP contribution in [-0.4, -0.2) is 51.7 Å². The first-order chi connectivity index (χ1) is 16.1. The highest BCUT2D eigenvalue weighted by Crippen LogP contribution is 2.31. The third kappa shape index (κ3) is 3.24. The molecule has 1 amide bonds. The van der Waals surface area contributed by atoms with E-state index in [2.05, 4.69) is 20.2 Å². The van der Waals surface area contributed by atoms with Crippen molar-refractivity contribution in [1.82, 2.24) is 39.2 Å². The lowest BCUT2D eigenvalue weighted by Gasteiger charge is -2.26. The molecule has 5 aromatic heterocycles. The lowest BCUT2D eigenvalue weighted by molar-refractivity contribution is 0.0735. The van der Waals surface area contributed by atoms with Crippen molar-refractivity contribution >= 4 is 22.8 Å². The summed E-state index contributed by atoms with van der Waals surface area (Å²) >= 11 is 1.57. The molecule has 0 unspecified atom stereocenters. The van der Waals surface area contributed by atoms with Crippen LogP contribution >= 0.6 is 11.3 Å². The Morgan fingerprint density at radius 1 is 1.21 bits per heavy atom. The Hall–Kier alpha value is -4.12. The van der Waals surface area contributed by atoms with Gasteiger partial charge >= 0.3 is 0 Å². The molecular formula is C22H18N8O2S. The number of pyridine rings is 1. The van der Waals surface area contributed by atoms with Gasteiger partial charge in [0.25, 0.3) is 11.5 Å². The van der Waals surface area contributed by atoms with E-state index in [0.717, 1.165) is 21.3 Å². The molecule has 0 spiro atoms. The van der Waals surface area contributed by atoms with Crippen LogP contribution in [0.3, 0.4) is 0 Å². The number of H-pyrrole nitrogens is 1. The zero-order valence-corrected chi connectivity index (χ0v) is 18.4. The first-order valence-electron chi connectivity index (χ1n) is 10.4. The van der Waals surface area contributed by atoms with Gasteiger partial charge in [0.15, 0.2) is 0 Å². The normalized spacial score (nSPS) is 13.4. The van der Waals surface area contributed by atoms with Gasteiger partial charge in [-0.1, -0.05) is 6.07 Å². The molecule has 6 heterocycles. The Bertz CT molecular complexity index is 1560. The molecule has 0 bridgehead atoms. The van der Waals surface area contributed by atoms with Crippen LogP contribution in [0, 0.1) is 6.92 Å². The van der Waals surface area contributed by atoms with Crippen molar-refractivity contribution in [3.8, 4) is 16.6 Å². The number of carbonyl (C=O) groups is 1. The molecule has 0 radical (unpaired) electrons. The van der Waals surface area contributed by atoms with Crippen LogP contribution in [0.15, 0.2) is 53.7 Å². The second-order valence-electron chi connectivity index (χ2n) is 7.75. The molecule has 10 nitrogen and oxygen atoms in total. The van der Waals surface area contributed by atoms with Gasteiger partial charge in [-0.05, 0) is 31.2 Å². The summed E-state index contributed by atoms with van der Waals surface area (Å²) in [7, 11) is 0. The zero-order valence-electron chi connectivity index (χ0n) is 17.6. The Morgan fingerprint density at radius 3 is 2.97 bits per heavy atom. The zero-order chi connectivity index (χ0) is 22.5. The van der Waals surface area contributed by atoms with E-state index >= 15 is 0 Å². The van der Waals surface area contributed by atoms with Gasteiger partial charge in [0, 0.05) is 30.2 Å². The van der Waals surface area contributed by atoms with E-state index in [9.17, 15) is 9.59 Å². The van der Waals surface area contributed by atoms with E-state index in [4.69, 9.17) is 4.98 Å². The third-order valence-electron chi connectivity index (χ3n) is 5.73. The van der Waals surface area contributed by atoms with Gasteiger partial charge in [0.2, 0.25) is 5.95 Å². The number of hydrogen-bond acceptors (Lipinski definition) is 7. The largest absolute Gasteiger partial charge is 0.333 e. The van der Waals surface area contributed by atoms with E-state index in [1.165, 1.54) is 15.4 Å². The SMILES string of the molecule is Cc1c(C(=O)N2CCc3nc(-c4ccccn4)sc3C2)cnn1-c1nn2cccc2c(=O)[nH]1. The van der Waals surface area contributed by atoms with Gasteiger partial charge in [-0.2, -0.15) is 5.10 Å². The van der Waals surface area contributed by atoms with Crippen molar-refractivity contribution in [3.63, 3.8) is 0 Å². The minimum atomic E-state index is -0.273. The van der Waals surface area contributed by atoms with Crippen molar-refractivity contribution < 1.29 is 4.79 Å². The molecule has 0 aromatic carbocycles. The Balaban J connectivity index is 1.28. The number of aromatic amines is 1. The highest BCUT2D eigenvalue weighted by molar-refractivity contribution is 7.15. The molecule has 164 valence electrons. The summed E-state index contributed by atoms with van der Waals surface area (Å²) in [6.07, 6.45) is 5.66. The lowest BCUT2D eigenvalue weighted by atomic mass is 10.1. The summed E-state index contributed by atoms with van der Waals surface area (Å²) in [5.41, 5.74) is 3.12. The highest BCUT2D eigenvalue weighted by Gasteiger charge is 2.28. The van der Waals surface area contributed by atoms with Crippen molar-refractivity contribution in [2.75, 3.05) is 6.54 Å². The fourth-order valence-corrected chi connectivity index (χ4v) is 5.10. The van der Waals surface area contributed by atoms with Crippen LogP contribution in [0.4, 0.5) is 0 Å². The van der Waals surface area contributed by atoms with Gasteiger partial charge in [-0.3, -0.25) is 19.6 Å². The summed E-state index contributed by atoms with van der Waals surface area (Å²) < 4.78 is 2.97. The number of nitrogens with zero attached hydrogens (tertiary/aromatic N) is 7. The second kappa shape index (κ2) is 7.48. The number of nitrogens with one attached hydrogen (secondary N) is 1. The first kappa shape index (κ1) is 19.6. The van der Waals surface area contributed by atoms with Crippen molar-refractivity contribution in [1.29, 1.82) is 0 Å². The fourth-order valence-electron chi connectivity index (χ4n) is 4.00. The minimum absolute atomic E-state index is 0.110. The van der Waals surface area contributed by atoms with Crippen molar-refractivity contribution in [3.05, 3.63) is 81.1 Å². The maximum atomic E-state index is 13.3. The Labute approximate surface area is 191 Å². The maximum absolute atomic E-state index is 13.3. The van der Waals surface area contributed by atoms with Crippen LogP contribution in [-0.2, 0) is 13.0 Å². The standard InChI is InChI=1S/C22H18N8O2S/c1-13-14(11-24-30(13)22-26-19(31)17-6-4-9-29(17)27-22)21(32)28-10-7-15-18(12-28)33-20(25-15)16-5-2-3-8-23-16/h2-6,8-9,11H,7,10,12H2,1H3,(H,26,27,31). The first-order valence-corrected chi connectivity index (χ1v) is 11.2. The minimum Gasteiger partial charge on any atom is -0.333 e. The number of amides is 1. The van der Waals surface area contributed by atoms with Crippen molar-refractivity contribution in [2.24, 2.45) is 0 Å². The van der Waals surface area contributed by atoms with Crippen LogP contribution in [0.5, 0.6) is 0 Å². The van der Waals surface area contributed by atoms with E-state index in [-0.39, 0.29) is 17.4 Å². The third-order valence-corrected chi connectivity index (χ3v) is 6.84. The number of hydrogen-bond donors (Lipinski definition) is 1. The summed E-state index contributed by atoms with van der Waals surface area (Å²) in [4.78, 5) is 40.4. The van der Waals surface area contributed by atoms with Gasteiger partial charge < -0.3 is 4.90 Å². The van der Waals surface area contributed by atoms with Crippen LogP contribution < -0.4 is 5.56 Å². The maximum Gasteiger partial charge on any atom is 0.276 e. The molecule has 1 aliphatic heterocycles. The quantitative estimate of drug-likeness (QED) is 0.444. The van der Waals surface area contributed by atoms with Gasteiger partial charge in [0.1, 0.15) is 10.5 Å². The van der Waals surface area contributed by atoms with Crippen molar-refractivity contribution in [2.45, 2.75) is 19.9 Å². The summed E-state index contributed by atoms with van der Waals surface area (Å²) in [5.74, 6) is 0.144. The number of carbonyl (C=O) groups excluding carboxylic acids is 1. The molecule has 11 heteroatoms. The predicted octanol–water partition coefficient (Wildman–Crippen LogP) is 2.23. The fraction of sp³-hybridized carbons (Fsp3) is 0.182. The number of fused-ring (bicyclic) bond motifs is 2. The van der Waals surface area contributed by atoms with Crippen LogP contribution in [0.2, 0.25) is 0 Å². The monoisotopic (exact) mass is 458 g/mol. The van der Waals surface area contributed by atoms with Crippen LogP contribution in [0.1, 0.15) is 26.6 Å². The molecule has 0 atom stereocenters. The second-order valence-corrected chi connectivity index (χ2v) is 8.84. The summed E-state index contributed by atoms with van der Waals surface area (Å²) in [6.45, 7) is 2.86. The number of thiazole rings is 1. The molecule has 0 saturated carbocycles. The highest BCUT2D eigenvalue weighted by atomic mass is 32.1. The average Bonchev–Trinajstić information content (AvgIpc) is 3.56. The van der Waals surface area contributed by atoms with Gasteiger partial charge in [-0.15, -0.1) is 16.4 Å². The van der Waals surface area contributed by atoms with E-state index in [1.54, 1.807) is 42.8 Å². The lowest BCUT2D eigenvalue weighted by Crippen LogP contribution is -2.35. The topological polar surface area (TPSA) is 114 Å². The number of rotatable bonds is 3. The predicted molar refractivity (Wildman–Crippen MR) is 121 cm³/mol. The van der Waals surface area contributed by atoms with Crippen LogP contribution in [0.25, 0.3) is 22.2 Å². The summed E-state index contributed by atoms with van der Waals surface area (Å²) in [6, 6.07) is 9.19. The average molecular weight is 459 g/mol. The molecule has 6 rings (SSSR count). The molecule has 1 aliphatic rings. The molecule has 0 fully saturated rings. The molecule has 0 aliphatic carbocycles. The van der Waals surface area contributed by atoms with E-state index < -0.39 is 0 Å². The molecule has 1 N–H and O–H groups in total. The Morgan fingerprint density at radius 2 is 2.12 bits per heavy atom. The van der Waals surface area contributed by atoms with E-state index in [0.29, 0.717) is 36.3 Å².